The maximum atomic E-state index is 12.0. The molecule has 1 aliphatic rings. The largest absolute Gasteiger partial charge is 0.353 e. The number of amides is 2. The van der Waals surface area contributed by atoms with Gasteiger partial charge in [-0.05, 0) is 19.3 Å². The van der Waals surface area contributed by atoms with Crippen molar-refractivity contribution in [1.82, 2.24) is 10.2 Å². The first-order chi connectivity index (χ1) is 7.43. The second-order valence-electron chi connectivity index (χ2n) is 4.73. The molecular weight excluding hydrogens is 206 g/mol. The molecule has 0 spiro atoms. The molecule has 1 rings (SSSR count). The van der Waals surface area contributed by atoms with Gasteiger partial charge in [0.05, 0.1) is 6.04 Å². The van der Waals surface area contributed by atoms with Crippen molar-refractivity contribution in [3.8, 4) is 0 Å². The number of rotatable bonds is 3. The predicted molar refractivity (Wildman–Crippen MR) is 61.6 cm³/mol. The molecule has 2 amide bonds. The van der Waals surface area contributed by atoms with Crippen LogP contribution in [0.4, 0.5) is 0 Å². The number of nitrogens with two attached hydrogens (primary N) is 1. The van der Waals surface area contributed by atoms with Crippen LogP contribution in [0.2, 0.25) is 0 Å². The van der Waals surface area contributed by atoms with E-state index in [9.17, 15) is 9.59 Å². The Labute approximate surface area is 96.4 Å². The van der Waals surface area contributed by atoms with Crippen molar-refractivity contribution in [3.05, 3.63) is 0 Å². The summed E-state index contributed by atoms with van der Waals surface area (Å²) in [7, 11) is 0. The molecule has 2 atom stereocenters. The molecule has 16 heavy (non-hydrogen) atoms. The molecule has 3 N–H and O–H groups in total. The lowest BCUT2D eigenvalue weighted by atomic mass is 10.0. The topological polar surface area (TPSA) is 75.4 Å². The Balaban J connectivity index is 2.61. The molecule has 5 heteroatoms. The highest BCUT2D eigenvalue weighted by atomic mass is 16.2. The lowest BCUT2D eigenvalue weighted by Gasteiger charge is -2.34. The summed E-state index contributed by atoms with van der Waals surface area (Å²) in [5, 5.41) is 2.72. The third-order valence-electron chi connectivity index (χ3n) is 2.82. The highest BCUT2D eigenvalue weighted by Gasteiger charge is 2.31. The van der Waals surface area contributed by atoms with E-state index < -0.39 is 12.1 Å². The lowest BCUT2D eigenvalue weighted by Crippen LogP contribution is -2.59. The van der Waals surface area contributed by atoms with Crippen LogP contribution in [0.5, 0.6) is 0 Å². The number of carbonyl (C=O) groups excluding carboxylic acids is 2. The molecule has 0 aromatic rings. The first kappa shape index (κ1) is 13.0. The Hall–Kier alpha value is -1.10. The molecule has 5 nitrogen and oxygen atoms in total. The smallest absolute Gasteiger partial charge is 0.242 e. The number of piperazine rings is 1. The maximum Gasteiger partial charge on any atom is 0.242 e. The van der Waals surface area contributed by atoms with E-state index in [1.54, 1.807) is 11.8 Å². The molecule has 2 unspecified atom stereocenters. The normalized spacial score (nSPS) is 23.2. The molecule has 1 aliphatic heterocycles. The third kappa shape index (κ3) is 2.95. The minimum Gasteiger partial charge on any atom is -0.353 e. The fourth-order valence-electron chi connectivity index (χ4n) is 1.91. The van der Waals surface area contributed by atoms with E-state index in [1.165, 1.54) is 0 Å². The van der Waals surface area contributed by atoms with Gasteiger partial charge in [-0.25, -0.2) is 0 Å². The van der Waals surface area contributed by atoms with E-state index in [2.05, 4.69) is 5.32 Å². The van der Waals surface area contributed by atoms with Crippen LogP contribution < -0.4 is 11.1 Å². The van der Waals surface area contributed by atoms with Gasteiger partial charge in [-0.3, -0.25) is 9.59 Å². The molecule has 1 heterocycles. The van der Waals surface area contributed by atoms with E-state index in [-0.39, 0.29) is 11.8 Å². The Bertz CT molecular complexity index is 278. The van der Waals surface area contributed by atoms with E-state index in [4.69, 9.17) is 5.73 Å². The van der Waals surface area contributed by atoms with Crippen molar-refractivity contribution in [2.75, 3.05) is 13.1 Å². The first-order valence-electron chi connectivity index (χ1n) is 5.77. The van der Waals surface area contributed by atoms with Crippen LogP contribution in [0.15, 0.2) is 0 Å². The fraction of sp³-hybridized carbons (Fsp3) is 0.818. The Morgan fingerprint density at radius 1 is 1.62 bits per heavy atom. The van der Waals surface area contributed by atoms with Crippen molar-refractivity contribution in [1.29, 1.82) is 0 Å². The maximum absolute atomic E-state index is 12.0. The summed E-state index contributed by atoms with van der Waals surface area (Å²) in [5.41, 5.74) is 5.83. The lowest BCUT2D eigenvalue weighted by molar-refractivity contribution is -0.143. The second-order valence-corrected chi connectivity index (χ2v) is 4.73. The zero-order valence-electron chi connectivity index (χ0n) is 10.2. The second kappa shape index (κ2) is 5.30. The van der Waals surface area contributed by atoms with Gasteiger partial charge in [0.25, 0.3) is 0 Å². The van der Waals surface area contributed by atoms with Crippen LogP contribution >= 0.6 is 0 Å². The van der Waals surface area contributed by atoms with Gasteiger partial charge in [0.2, 0.25) is 11.8 Å². The SMILES string of the molecule is CC(C)CC(N)C(=O)N1CCNC(=O)C1C. The Kier molecular flexibility index (Phi) is 4.29. The van der Waals surface area contributed by atoms with Gasteiger partial charge < -0.3 is 16.0 Å². The molecule has 0 bridgehead atoms. The fourth-order valence-corrected chi connectivity index (χ4v) is 1.91. The standard InChI is InChI=1S/C11H21N3O2/c1-7(2)6-9(12)11(16)14-5-4-13-10(15)8(14)3/h7-9H,4-6,12H2,1-3H3,(H,13,15). The minimum absolute atomic E-state index is 0.101. The summed E-state index contributed by atoms with van der Waals surface area (Å²) < 4.78 is 0. The summed E-state index contributed by atoms with van der Waals surface area (Å²) in [5.74, 6) is 0.167. The summed E-state index contributed by atoms with van der Waals surface area (Å²) in [6.07, 6.45) is 0.656. The summed E-state index contributed by atoms with van der Waals surface area (Å²) in [4.78, 5) is 25.0. The molecule has 0 aromatic heterocycles. The Morgan fingerprint density at radius 2 is 2.25 bits per heavy atom. The number of nitrogens with one attached hydrogen (secondary N) is 1. The quantitative estimate of drug-likeness (QED) is 0.695. The van der Waals surface area contributed by atoms with Gasteiger partial charge >= 0.3 is 0 Å². The molecule has 0 aliphatic carbocycles. The van der Waals surface area contributed by atoms with Crippen LogP contribution in [-0.4, -0.2) is 41.9 Å². The van der Waals surface area contributed by atoms with Gasteiger partial charge in [-0.15, -0.1) is 0 Å². The van der Waals surface area contributed by atoms with E-state index >= 15 is 0 Å². The van der Waals surface area contributed by atoms with Crippen molar-refractivity contribution >= 4 is 11.8 Å². The number of hydrogen-bond donors (Lipinski definition) is 2. The molecular formula is C11H21N3O2. The van der Waals surface area contributed by atoms with Crippen LogP contribution in [-0.2, 0) is 9.59 Å². The molecule has 0 radical (unpaired) electrons. The summed E-state index contributed by atoms with van der Waals surface area (Å²) >= 11 is 0. The molecule has 1 fully saturated rings. The summed E-state index contributed by atoms with van der Waals surface area (Å²) in [6.45, 7) is 6.86. The van der Waals surface area contributed by atoms with Crippen molar-refractivity contribution in [3.63, 3.8) is 0 Å². The van der Waals surface area contributed by atoms with Crippen molar-refractivity contribution in [2.24, 2.45) is 11.7 Å². The Morgan fingerprint density at radius 3 is 2.81 bits per heavy atom. The first-order valence-corrected chi connectivity index (χ1v) is 5.77. The minimum atomic E-state index is -0.492. The summed E-state index contributed by atoms with van der Waals surface area (Å²) in [6, 6.07) is -0.896. The number of nitrogens with zero attached hydrogens (tertiary/aromatic N) is 1. The highest BCUT2D eigenvalue weighted by molar-refractivity contribution is 5.90. The van der Waals surface area contributed by atoms with Gasteiger partial charge in [0.15, 0.2) is 0 Å². The van der Waals surface area contributed by atoms with Crippen LogP contribution in [0, 0.1) is 5.92 Å². The third-order valence-corrected chi connectivity index (χ3v) is 2.82. The highest BCUT2D eigenvalue weighted by Crippen LogP contribution is 2.10. The van der Waals surface area contributed by atoms with Crippen LogP contribution in [0.25, 0.3) is 0 Å². The molecule has 0 saturated carbocycles. The van der Waals surface area contributed by atoms with Gasteiger partial charge in [0, 0.05) is 13.1 Å². The van der Waals surface area contributed by atoms with E-state index in [1.807, 2.05) is 13.8 Å². The average Bonchev–Trinajstić information content (AvgIpc) is 2.20. The zero-order chi connectivity index (χ0) is 12.3. The van der Waals surface area contributed by atoms with Crippen molar-refractivity contribution < 1.29 is 9.59 Å². The van der Waals surface area contributed by atoms with E-state index in [0.29, 0.717) is 25.4 Å². The molecule has 0 aromatic carbocycles. The van der Waals surface area contributed by atoms with Gasteiger partial charge in [0.1, 0.15) is 6.04 Å². The van der Waals surface area contributed by atoms with E-state index in [0.717, 1.165) is 0 Å². The number of carbonyl (C=O) groups is 2. The van der Waals surface area contributed by atoms with Gasteiger partial charge in [-0.2, -0.15) is 0 Å². The van der Waals surface area contributed by atoms with Crippen LogP contribution in [0.1, 0.15) is 27.2 Å². The molecule has 1 saturated heterocycles. The van der Waals surface area contributed by atoms with Crippen molar-refractivity contribution in [2.45, 2.75) is 39.3 Å². The molecule has 92 valence electrons. The average molecular weight is 227 g/mol. The monoisotopic (exact) mass is 227 g/mol. The zero-order valence-corrected chi connectivity index (χ0v) is 10.2. The predicted octanol–water partition coefficient (Wildman–Crippen LogP) is -0.293. The van der Waals surface area contributed by atoms with Gasteiger partial charge in [-0.1, -0.05) is 13.8 Å². The number of hydrogen-bond acceptors (Lipinski definition) is 3. The van der Waals surface area contributed by atoms with Crippen LogP contribution in [0.3, 0.4) is 0 Å².